The number of methoxy groups -OCH3 is 1. The number of likely N-dealkylation sites (tertiary alicyclic amines) is 1. The molecule has 10 heteroatoms. The molecule has 0 bridgehead atoms. The quantitative estimate of drug-likeness (QED) is 0.199. The summed E-state index contributed by atoms with van der Waals surface area (Å²) in [5, 5.41) is 4.59. The standard InChI is InChI=1S/C37H38N8O2/c1-43-18-24-20-44(21-25(24)19-43)33-16-34(47-2)31(15-23(33)10-13-35(38)46)41-37-40-17-28(30-8-5-6-14-39-30)36(42-37)29-22-45(26-11-12-26)32-9-4-3-7-27(29)32/h3-10,13-17,22,24-26H,11-12,18-21H2,1-2H3,(H2,38,46)(H,40,41,42)/t24-,25+. The van der Waals surface area contributed by atoms with E-state index in [-0.39, 0.29) is 0 Å². The molecule has 238 valence electrons. The summed E-state index contributed by atoms with van der Waals surface area (Å²) in [6.07, 6.45) is 11.4. The van der Waals surface area contributed by atoms with Gasteiger partial charge in [-0.25, -0.2) is 9.97 Å². The van der Waals surface area contributed by atoms with Crippen LogP contribution in [0.3, 0.4) is 0 Å². The Morgan fingerprint density at radius 3 is 2.51 bits per heavy atom. The van der Waals surface area contributed by atoms with E-state index in [2.05, 4.69) is 62.2 Å². The van der Waals surface area contributed by atoms with Gasteiger partial charge in [-0.3, -0.25) is 9.78 Å². The normalized spacial score (nSPS) is 19.5. The molecule has 3 fully saturated rings. The molecule has 10 nitrogen and oxygen atoms in total. The Balaban J connectivity index is 1.21. The van der Waals surface area contributed by atoms with E-state index in [0.717, 1.165) is 65.3 Å². The number of nitrogens with one attached hydrogen (secondary N) is 1. The molecular weight excluding hydrogens is 588 g/mol. The van der Waals surface area contributed by atoms with Crippen molar-refractivity contribution in [2.24, 2.45) is 17.6 Å². The molecule has 2 aliphatic heterocycles. The SMILES string of the molecule is COc1cc(N2C[C@H]3CN(C)C[C@H]3C2)c(C=CC(N)=O)cc1Nc1ncc(-c2ccccn2)c(-c2cn(C3CC3)c3ccccc23)n1. The van der Waals surface area contributed by atoms with E-state index in [1.165, 1.54) is 24.4 Å². The first-order valence-corrected chi connectivity index (χ1v) is 16.2. The van der Waals surface area contributed by atoms with Crippen LogP contribution in [0.15, 0.2) is 79.3 Å². The van der Waals surface area contributed by atoms with Crippen molar-refractivity contribution in [3.05, 3.63) is 84.8 Å². The number of benzene rings is 2. The van der Waals surface area contributed by atoms with Crippen LogP contribution < -0.4 is 20.7 Å². The fourth-order valence-corrected chi connectivity index (χ4v) is 7.38. The zero-order valence-corrected chi connectivity index (χ0v) is 26.6. The van der Waals surface area contributed by atoms with Crippen molar-refractivity contribution in [2.75, 3.05) is 50.6 Å². The molecule has 3 aliphatic rings. The van der Waals surface area contributed by atoms with Crippen molar-refractivity contribution >= 4 is 40.2 Å². The average Bonchev–Trinajstić information content (AvgIpc) is 3.61. The molecule has 2 aromatic carbocycles. The number of para-hydroxylation sites is 1. The second-order valence-electron chi connectivity index (χ2n) is 13.0. The van der Waals surface area contributed by atoms with Crippen molar-refractivity contribution in [1.82, 2.24) is 24.4 Å². The number of aromatic nitrogens is 4. The molecule has 1 aliphatic carbocycles. The van der Waals surface area contributed by atoms with E-state index >= 15 is 0 Å². The van der Waals surface area contributed by atoms with Crippen LogP contribution >= 0.6 is 0 Å². The van der Waals surface area contributed by atoms with E-state index in [4.69, 9.17) is 20.4 Å². The molecule has 0 unspecified atom stereocenters. The number of primary amides is 1. The zero-order chi connectivity index (χ0) is 32.1. The van der Waals surface area contributed by atoms with Gasteiger partial charge in [0.25, 0.3) is 0 Å². The molecule has 8 rings (SSSR count). The number of fused-ring (bicyclic) bond motifs is 2. The number of carbonyl (C=O) groups is 1. The number of hydrogen-bond acceptors (Lipinski definition) is 8. The summed E-state index contributed by atoms with van der Waals surface area (Å²) in [6, 6.07) is 18.9. The molecule has 5 aromatic rings. The molecule has 5 heterocycles. The number of hydrogen-bond donors (Lipinski definition) is 2. The lowest BCUT2D eigenvalue weighted by Gasteiger charge is -2.25. The van der Waals surface area contributed by atoms with E-state index in [9.17, 15) is 4.79 Å². The summed E-state index contributed by atoms with van der Waals surface area (Å²) in [4.78, 5) is 31.2. The van der Waals surface area contributed by atoms with Gasteiger partial charge in [-0.2, -0.15) is 0 Å². The topological polar surface area (TPSA) is 114 Å². The summed E-state index contributed by atoms with van der Waals surface area (Å²) in [6.45, 7) is 4.10. The number of rotatable bonds is 9. The first kappa shape index (κ1) is 29.2. The number of nitrogens with two attached hydrogens (primary N) is 1. The third-order valence-corrected chi connectivity index (χ3v) is 9.70. The third kappa shape index (κ3) is 5.59. The first-order chi connectivity index (χ1) is 22.9. The Morgan fingerprint density at radius 2 is 1.79 bits per heavy atom. The minimum absolute atomic E-state index is 0.428. The highest BCUT2D eigenvalue weighted by Crippen LogP contribution is 2.44. The first-order valence-electron chi connectivity index (χ1n) is 16.2. The molecule has 2 saturated heterocycles. The summed E-state index contributed by atoms with van der Waals surface area (Å²) < 4.78 is 8.31. The van der Waals surface area contributed by atoms with E-state index in [1.54, 1.807) is 19.4 Å². The summed E-state index contributed by atoms with van der Waals surface area (Å²) >= 11 is 0. The number of ether oxygens (including phenoxy) is 1. The highest BCUT2D eigenvalue weighted by Gasteiger charge is 2.39. The Hall–Kier alpha value is -5.22. The highest BCUT2D eigenvalue weighted by atomic mass is 16.5. The van der Waals surface area contributed by atoms with E-state index < -0.39 is 5.91 Å². The van der Waals surface area contributed by atoms with Crippen molar-refractivity contribution in [1.29, 1.82) is 0 Å². The van der Waals surface area contributed by atoms with Crippen LogP contribution in [0, 0.1) is 11.8 Å². The molecule has 0 radical (unpaired) electrons. The van der Waals surface area contributed by atoms with Gasteiger partial charge in [-0.05, 0) is 62.1 Å². The molecule has 3 aromatic heterocycles. The lowest BCUT2D eigenvalue weighted by Crippen LogP contribution is -2.27. The van der Waals surface area contributed by atoms with Crippen molar-refractivity contribution in [3.8, 4) is 28.3 Å². The lowest BCUT2D eigenvalue weighted by atomic mass is 10.0. The van der Waals surface area contributed by atoms with E-state index in [1.807, 2.05) is 36.5 Å². The maximum Gasteiger partial charge on any atom is 0.241 e. The average molecular weight is 627 g/mol. The van der Waals surface area contributed by atoms with Crippen molar-refractivity contribution in [3.63, 3.8) is 0 Å². The largest absolute Gasteiger partial charge is 0.494 e. The van der Waals surface area contributed by atoms with Crippen LogP contribution in [0.5, 0.6) is 5.75 Å². The van der Waals surface area contributed by atoms with Gasteiger partial charge in [0, 0.05) is 96.2 Å². The third-order valence-electron chi connectivity index (χ3n) is 9.70. The van der Waals surface area contributed by atoms with Gasteiger partial charge in [-0.15, -0.1) is 0 Å². The fourth-order valence-electron chi connectivity index (χ4n) is 7.38. The second-order valence-corrected chi connectivity index (χ2v) is 13.0. The summed E-state index contributed by atoms with van der Waals surface area (Å²) in [7, 11) is 3.86. The Morgan fingerprint density at radius 1 is 1.00 bits per heavy atom. The number of nitrogens with zero attached hydrogens (tertiary/aromatic N) is 6. The van der Waals surface area contributed by atoms with Gasteiger partial charge in [0.1, 0.15) is 5.75 Å². The molecule has 1 saturated carbocycles. The minimum atomic E-state index is -0.496. The van der Waals surface area contributed by atoms with Crippen LogP contribution in [-0.2, 0) is 4.79 Å². The Bertz CT molecular complexity index is 1990. The number of amides is 1. The lowest BCUT2D eigenvalue weighted by molar-refractivity contribution is -0.113. The molecular formula is C37H38N8O2. The number of pyridine rings is 1. The second kappa shape index (κ2) is 11.9. The van der Waals surface area contributed by atoms with Gasteiger partial charge in [-0.1, -0.05) is 24.3 Å². The maximum absolute atomic E-state index is 11.8. The van der Waals surface area contributed by atoms with Crippen LogP contribution in [0.1, 0.15) is 24.4 Å². The summed E-state index contributed by atoms with van der Waals surface area (Å²) in [5.41, 5.74) is 12.8. The fraction of sp³-hybridized carbons (Fsp3) is 0.297. The molecule has 2 atom stereocenters. The predicted octanol–water partition coefficient (Wildman–Crippen LogP) is 5.74. The molecule has 47 heavy (non-hydrogen) atoms. The van der Waals surface area contributed by atoms with E-state index in [0.29, 0.717) is 35.3 Å². The van der Waals surface area contributed by atoms with Crippen LogP contribution in [0.25, 0.3) is 39.5 Å². The predicted molar refractivity (Wildman–Crippen MR) is 186 cm³/mol. The summed E-state index contributed by atoms with van der Waals surface area (Å²) in [5.74, 6) is 1.83. The van der Waals surface area contributed by atoms with Crippen molar-refractivity contribution < 1.29 is 9.53 Å². The van der Waals surface area contributed by atoms with Gasteiger partial charge >= 0.3 is 0 Å². The monoisotopic (exact) mass is 626 g/mol. The Kier molecular flexibility index (Phi) is 7.37. The van der Waals surface area contributed by atoms with Gasteiger partial charge in [0.2, 0.25) is 11.9 Å². The van der Waals surface area contributed by atoms with Crippen LogP contribution in [0.4, 0.5) is 17.3 Å². The number of carbonyl (C=O) groups excluding carboxylic acids is 1. The van der Waals surface area contributed by atoms with Gasteiger partial charge in [0.05, 0.1) is 24.2 Å². The van der Waals surface area contributed by atoms with Crippen molar-refractivity contribution in [2.45, 2.75) is 18.9 Å². The Labute approximate surface area is 273 Å². The van der Waals surface area contributed by atoms with Gasteiger partial charge < -0.3 is 30.2 Å². The zero-order valence-electron chi connectivity index (χ0n) is 26.6. The smallest absolute Gasteiger partial charge is 0.241 e. The minimum Gasteiger partial charge on any atom is -0.494 e. The number of anilines is 3. The van der Waals surface area contributed by atoms with Crippen LogP contribution in [0.2, 0.25) is 0 Å². The van der Waals surface area contributed by atoms with Gasteiger partial charge in [0.15, 0.2) is 0 Å². The molecule has 1 amide bonds. The highest BCUT2D eigenvalue weighted by molar-refractivity contribution is 5.99. The molecule has 3 N–H and O–H groups in total. The van der Waals surface area contributed by atoms with Crippen LogP contribution in [-0.4, -0.2) is 70.7 Å². The molecule has 0 spiro atoms. The maximum atomic E-state index is 11.8.